The molecule has 1 heterocycles. The van der Waals surface area contributed by atoms with Gasteiger partial charge in [-0.2, -0.15) is 0 Å². The van der Waals surface area contributed by atoms with E-state index in [1.54, 1.807) is 0 Å². The van der Waals surface area contributed by atoms with Crippen molar-refractivity contribution < 1.29 is 14.8 Å². The molecular formula is C7H8N4O4. The summed E-state index contributed by atoms with van der Waals surface area (Å²) >= 11 is 0. The monoisotopic (exact) mass is 212 g/mol. The van der Waals surface area contributed by atoms with Crippen molar-refractivity contribution in [1.82, 2.24) is 4.98 Å². The molecule has 1 rings (SSSR count). The van der Waals surface area contributed by atoms with Gasteiger partial charge in [0.2, 0.25) is 0 Å². The molecule has 1 amide bonds. The fourth-order valence-electron chi connectivity index (χ4n) is 0.972. The van der Waals surface area contributed by atoms with Crippen molar-refractivity contribution in [2.24, 2.45) is 0 Å². The van der Waals surface area contributed by atoms with Crippen LogP contribution in [0.5, 0.6) is 0 Å². The quantitative estimate of drug-likeness (QED) is 0.510. The number of hydrogen-bond acceptors (Lipinski definition) is 5. The Labute approximate surface area is 84.1 Å². The molecule has 80 valence electrons. The van der Waals surface area contributed by atoms with Gasteiger partial charge in [-0.25, -0.2) is 9.78 Å². The predicted octanol–water partition coefficient (Wildman–Crippen LogP) is 1.12. The number of carbonyl (C=O) groups is 1. The number of amides is 1. The Morgan fingerprint density at radius 1 is 1.67 bits per heavy atom. The van der Waals surface area contributed by atoms with Crippen LogP contribution in [0.4, 0.5) is 22.0 Å². The maximum absolute atomic E-state index is 10.5. The van der Waals surface area contributed by atoms with Crippen molar-refractivity contribution >= 4 is 23.3 Å². The molecule has 0 atom stereocenters. The van der Waals surface area contributed by atoms with Gasteiger partial charge in [0.05, 0.1) is 4.92 Å². The lowest BCUT2D eigenvalue weighted by Crippen LogP contribution is -2.09. The SMILES string of the molecule is CNc1cc(NC(=O)O)ncc1[N+](=O)[O-]. The molecule has 0 aliphatic carbocycles. The molecule has 15 heavy (non-hydrogen) atoms. The number of aromatic nitrogens is 1. The van der Waals surface area contributed by atoms with Gasteiger partial charge in [-0.05, 0) is 0 Å². The highest BCUT2D eigenvalue weighted by atomic mass is 16.6. The highest BCUT2D eigenvalue weighted by Crippen LogP contribution is 2.24. The van der Waals surface area contributed by atoms with Gasteiger partial charge >= 0.3 is 11.8 Å². The molecule has 0 bridgehead atoms. The molecule has 3 N–H and O–H groups in total. The van der Waals surface area contributed by atoms with Crippen LogP contribution < -0.4 is 10.6 Å². The van der Waals surface area contributed by atoms with Crippen molar-refractivity contribution in [2.75, 3.05) is 17.7 Å². The first-order valence-electron chi connectivity index (χ1n) is 3.86. The van der Waals surface area contributed by atoms with Gasteiger partial charge in [0, 0.05) is 13.1 Å². The fourth-order valence-corrected chi connectivity index (χ4v) is 0.972. The number of rotatable bonds is 3. The van der Waals surface area contributed by atoms with Gasteiger partial charge in [-0.3, -0.25) is 15.4 Å². The second-order valence-corrected chi connectivity index (χ2v) is 2.52. The van der Waals surface area contributed by atoms with Crippen LogP contribution in [0.1, 0.15) is 0 Å². The van der Waals surface area contributed by atoms with Crippen LogP contribution in [-0.4, -0.2) is 28.2 Å². The van der Waals surface area contributed by atoms with Crippen LogP contribution in [0, 0.1) is 10.1 Å². The number of nitrogens with zero attached hydrogens (tertiary/aromatic N) is 2. The van der Waals surface area contributed by atoms with E-state index < -0.39 is 11.0 Å². The molecule has 0 fully saturated rings. The van der Waals surface area contributed by atoms with Crippen LogP contribution in [0.15, 0.2) is 12.3 Å². The van der Waals surface area contributed by atoms with E-state index in [1.165, 1.54) is 13.1 Å². The molecule has 0 aliphatic rings. The number of pyridine rings is 1. The van der Waals surface area contributed by atoms with Crippen LogP contribution in [0.25, 0.3) is 0 Å². The zero-order valence-corrected chi connectivity index (χ0v) is 7.72. The zero-order valence-electron chi connectivity index (χ0n) is 7.72. The van der Waals surface area contributed by atoms with Crippen molar-refractivity contribution in [3.63, 3.8) is 0 Å². The Hall–Kier alpha value is -2.38. The van der Waals surface area contributed by atoms with Crippen molar-refractivity contribution in [3.8, 4) is 0 Å². The summed E-state index contributed by atoms with van der Waals surface area (Å²) < 4.78 is 0. The lowest BCUT2D eigenvalue weighted by atomic mass is 10.3. The van der Waals surface area contributed by atoms with Crippen molar-refractivity contribution in [1.29, 1.82) is 0 Å². The van der Waals surface area contributed by atoms with Crippen LogP contribution in [0.2, 0.25) is 0 Å². The van der Waals surface area contributed by atoms with E-state index >= 15 is 0 Å². The fraction of sp³-hybridized carbons (Fsp3) is 0.143. The van der Waals surface area contributed by atoms with Gasteiger partial charge in [0.15, 0.2) is 0 Å². The third-order valence-electron chi connectivity index (χ3n) is 1.58. The minimum absolute atomic E-state index is 0.0254. The van der Waals surface area contributed by atoms with Crippen molar-refractivity contribution in [3.05, 3.63) is 22.4 Å². The molecule has 0 unspecified atom stereocenters. The topological polar surface area (TPSA) is 117 Å². The van der Waals surface area contributed by atoms with Crippen LogP contribution >= 0.6 is 0 Å². The first-order chi connectivity index (χ1) is 7.04. The normalized spacial score (nSPS) is 9.40. The summed E-state index contributed by atoms with van der Waals surface area (Å²) in [5.41, 5.74) is -0.0211. The third kappa shape index (κ3) is 2.53. The molecule has 1 aromatic rings. The van der Waals surface area contributed by atoms with Gasteiger partial charge in [-0.15, -0.1) is 0 Å². The van der Waals surface area contributed by atoms with E-state index in [4.69, 9.17) is 5.11 Å². The average molecular weight is 212 g/mol. The van der Waals surface area contributed by atoms with E-state index in [2.05, 4.69) is 10.3 Å². The lowest BCUT2D eigenvalue weighted by molar-refractivity contribution is -0.384. The first-order valence-corrected chi connectivity index (χ1v) is 3.86. The Bertz CT molecular complexity index is 406. The highest BCUT2D eigenvalue weighted by molar-refractivity contribution is 5.83. The van der Waals surface area contributed by atoms with Gasteiger partial charge in [-0.1, -0.05) is 0 Å². The maximum Gasteiger partial charge on any atom is 0.410 e. The first kappa shape index (κ1) is 10.7. The van der Waals surface area contributed by atoms with Gasteiger partial charge < -0.3 is 10.4 Å². The second kappa shape index (κ2) is 4.22. The van der Waals surface area contributed by atoms with Crippen LogP contribution in [0.3, 0.4) is 0 Å². The number of carboxylic acid groups (broad SMARTS) is 1. The Balaban J connectivity index is 3.07. The molecule has 0 aromatic carbocycles. The largest absolute Gasteiger partial charge is 0.465 e. The number of hydrogen-bond donors (Lipinski definition) is 3. The van der Waals surface area contributed by atoms with Crippen molar-refractivity contribution in [2.45, 2.75) is 0 Å². The Kier molecular flexibility index (Phi) is 3.01. The minimum Gasteiger partial charge on any atom is -0.465 e. The molecule has 0 radical (unpaired) electrons. The molecule has 8 heteroatoms. The van der Waals surface area contributed by atoms with E-state index in [9.17, 15) is 14.9 Å². The molecule has 0 aliphatic heterocycles. The highest BCUT2D eigenvalue weighted by Gasteiger charge is 2.14. The Morgan fingerprint density at radius 2 is 2.33 bits per heavy atom. The second-order valence-electron chi connectivity index (χ2n) is 2.52. The van der Waals surface area contributed by atoms with E-state index in [-0.39, 0.29) is 17.2 Å². The summed E-state index contributed by atoms with van der Waals surface area (Å²) in [5, 5.41) is 23.5. The molecule has 0 saturated carbocycles. The summed E-state index contributed by atoms with van der Waals surface area (Å²) in [6.45, 7) is 0. The number of anilines is 2. The van der Waals surface area contributed by atoms with Crippen LogP contribution in [-0.2, 0) is 0 Å². The zero-order chi connectivity index (χ0) is 11.4. The van der Waals surface area contributed by atoms with E-state index in [0.717, 1.165) is 6.20 Å². The summed E-state index contributed by atoms with van der Waals surface area (Å²) in [5.74, 6) is 0.0254. The number of nitro groups is 1. The molecule has 8 nitrogen and oxygen atoms in total. The predicted molar refractivity (Wildman–Crippen MR) is 52.1 cm³/mol. The average Bonchev–Trinajstić information content (AvgIpc) is 2.16. The Morgan fingerprint density at radius 3 is 2.80 bits per heavy atom. The molecule has 0 saturated heterocycles. The molecule has 1 aromatic heterocycles. The summed E-state index contributed by atoms with van der Waals surface area (Å²) in [7, 11) is 1.49. The maximum atomic E-state index is 10.5. The lowest BCUT2D eigenvalue weighted by Gasteiger charge is -2.04. The van der Waals surface area contributed by atoms with Gasteiger partial charge in [0.25, 0.3) is 0 Å². The standard InChI is InChI=1S/C7H8N4O4/c1-8-4-2-6(10-7(12)13)9-3-5(4)11(14)15/h2-3H,1H3,(H,12,13)(H2,8,9,10). The smallest absolute Gasteiger partial charge is 0.410 e. The van der Waals surface area contributed by atoms with Gasteiger partial charge in [0.1, 0.15) is 17.7 Å². The third-order valence-corrected chi connectivity index (χ3v) is 1.58. The minimum atomic E-state index is -1.28. The summed E-state index contributed by atoms with van der Waals surface area (Å²) in [6, 6.07) is 1.24. The molecular weight excluding hydrogens is 204 g/mol. The summed E-state index contributed by atoms with van der Waals surface area (Å²) in [6.07, 6.45) is -0.296. The molecule has 0 spiro atoms. The number of nitrogens with one attached hydrogen (secondary N) is 2. The summed E-state index contributed by atoms with van der Waals surface area (Å²) in [4.78, 5) is 23.8. The van der Waals surface area contributed by atoms with E-state index in [1.807, 2.05) is 5.32 Å². The van der Waals surface area contributed by atoms with E-state index in [0.29, 0.717) is 0 Å².